The van der Waals surface area contributed by atoms with Gasteiger partial charge in [-0.05, 0) is 0 Å². The Balaban J connectivity index is 2.90. The minimum absolute atomic E-state index is 0.100. The molecule has 18 heavy (non-hydrogen) atoms. The summed E-state index contributed by atoms with van der Waals surface area (Å²) >= 11 is 6.13. The highest BCUT2D eigenvalue weighted by atomic mass is 35.5. The van der Waals surface area contributed by atoms with Crippen LogP contribution in [0, 0.1) is 10.1 Å². The lowest BCUT2D eigenvalue weighted by Crippen LogP contribution is -2.13. The Morgan fingerprint density at radius 3 is 2.56 bits per heavy atom. The quantitative estimate of drug-likeness (QED) is 0.589. The van der Waals surface area contributed by atoms with Crippen molar-refractivity contribution in [3.05, 3.63) is 27.0 Å². The van der Waals surface area contributed by atoms with Crippen molar-refractivity contribution in [2.75, 3.05) is 0 Å². The average Bonchev–Trinajstić information content (AvgIpc) is 2.56. The van der Waals surface area contributed by atoms with Gasteiger partial charge in [0, 0.05) is 12.5 Å². The third kappa shape index (κ3) is 1.82. The zero-order valence-electron chi connectivity index (χ0n) is 10.6. The van der Waals surface area contributed by atoms with Gasteiger partial charge in [-0.15, -0.1) is 0 Å². The van der Waals surface area contributed by atoms with Crippen LogP contribution < -0.4 is 0 Å². The summed E-state index contributed by atoms with van der Waals surface area (Å²) in [7, 11) is 1.74. The van der Waals surface area contributed by atoms with E-state index in [1.165, 1.54) is 6.20 Å². The number of nitro groups is 1. The normalized spacial score (nSPS) is 12.1. The standard InChI is InChI=1S/C11H13ClN4O2/c1-11(2,3)9-7-8(12)6(16(17)18)5-13-10(7)15(4)14-9/h5H,1-4H3. The van der Waals surface area contributed by atoms with Crippen molar-refractivity contribution in [1.82, 2.24) is 14.8 Å². The van der Waals surface area contributed by atoms with Gasteiger partial charge in [0.2, 0.25) is 0 Å². The first-order valence-corrected chi connectivity index (χ1v) is 5.77. The number of aryl methyl sites for hydroxylation is 1. The highest BCUT2D eigenvalue weighted by molar-refractivity contribution is 6.37. The maximum Gasteiger partial charge on any atom is 0.306 e. The number of aromatic nitrogens is 3. The molecule has 0 fully saturated rings. The number of rotatable bonds is 1. The predicted molar refractivity (Wildman–Crippen MR) is 68.9 cm³/mol. The van der Waals surface area contributed by atoms with E-state index >= 15 is 0 Å². The van der Waals surface area contributed by atoms with E-state index in [2.05, 4.69) is 10.1 Å². The molecule has 0 aliphatic carbocycles. The molecule has 2 heterocycles. The maximum atomic E-state index is 10.9. The van der Waals surface area contributed by atoms with Gasteiger partial charge in [0.1, 0.15) is 11.2 Å². The number of hydrogen-bond donors (Lipinski definition) is 0. The van der Waals surface area contributed by atoms with Gasteiger partial charge in [0.05, 0.1) is 16.0 Å². The Labute approximate surface area is 109 Å². The van der Waals surface area contributed by atoms with Crippen molar-refractivity contribution in [3.63, 3.8) is 0 Å². The molecule has 0 N–H and O–H groups in total. The maximum absolute atomic E-state index is 10.9. The van der Waals surface area contributed by atoms with Crippen molar-refractivity contribution >= 4 is 28.3 Å². The molecule has 2 rings (SSSR count). The van der Waals surface area contributed by atoms with E-state index in [4.69, 9.17) is 11.6 Å². The monoisotopic (exact) mass is 268 g/mol. The fourth-order valence-electron chi connectivity index (χ4n) is 1.82. The molecule has 0 unspecified atom stereocenters. The molecule has 96 valence electrons. The second-order valence-electron chi connectivity index (χ2n) is 5.14. The molecule has 0 saturated carbocycles. The summed E-state index contributed by atoms with van der Waals surface area (Å²) in [6.45, 7) is 5.93. The van der Waals surface area contributed by atoms with Crippen molar-refractivity contribution in [3.8, 4) is 0 Å². The number of hydrogen-bond acceptors (Lipinski definition) is 4. The topological polar surface area (TPSA) is 73.8 Å². The minimum Gasteiger partial charge on any atom is -0.258 e. The van der Waals surface area contributed by atoms with Crippen LogP contribution in [0.15, 0.2) is 6.20 Å². The molecule has 6 nitrogen and oxygen atoms in total. The second kappa shape index (κ2) is 3.91. The molecule has 0 amide bonds. The fraction of sp³-hybridized carbons (Fsp3) is 0.455. The van der Waals surface area contributed by atoms with Crippen LogP contribution >= 0.6 is 11.6 Å². The van der Waals surface area contributed by atoms with Gasteiger partial charge in [-0.2, -0.15) is 5.10 Å². The van der Waals surface area contributed by atoms with Crippen LogP contribution in [0.4, 0.5) is 5.69 Å². The van der Waals surface area contributed by atoms with Crippen molar-refractivity contribution < 1.29 is 4.92 Å². The van der Waals surface area contributed by atoms with E-state index in [0.717, 1.165) is 0 Å². The number of halogens is 1. The number of nitrogens with zero attached hydrogens (tertiary/aromatic N) is 4. The Hall–Kier alpha value is -1.69. The highest BCUT2D eigenvalue weighted by Gasteiger charge is 2.28. The van der Waals surface area contributed by atoms with Crippen molar-refractivity contribution in [2.45, 2.75) is 26.2 Å². The molecule has 0 radical (unpaired) electrons. The molecule has 2 aromatic rings. The summed E-state index contributed by atoms with van der Waals surface area (Å²) in [5.74, 6) is 0. The molecule has 7 heteroatoms. The first-order chi connectivity index (χ1) is 8.23. The molecular weight excluding hydrogens is 256 g/mol. The van der Waals surface area contributed by atoms with Gasteiger partial charge in [-0.25, -0.2) is 4.98 Å². The zero-order valence-corrected chi connectivity index (χ0v) is 11.3. The molecular formula is C11H13ClN4O2. The molecule has 0 aromatic carbocycles. The fourth-order valence-corrected chi connectivity index (χ4v) is 2.12. The first kappa shape index (κ1) is 12.8. The van der Waals surface area contributed by atoms with Gasteiger partial charge >= 0.3 is 5.69 Å². The van der Waals surface area contributed by atoms with E-state index in [-0.39, 0.29) is 16.1 Å². The van der Waals surface area contributed by atoms with Gasteiger partial charge in [0.25, 0.3) is 0 Å². The minimum atomic E-state index is -0.534. The van der Waals surface area contributed by atoms with Crippen LogP contribution in [-0.2, 0) is 12.5 Å². The van der Waals surface area contributed by atoms with Gasteiger partial charge in [-0.1, -0.05) is 32.4 Å². The third-order valence-corrected chi connectivity index (χ3v) is 3.06. The van der Waals surface area contributed by atoms with Crippen LogP contribution in [0.2, 0.25) is 5.02 Å². The van der Waals surface area contributed by atoms with E-state index in [1.54, 1.807) is 11.7 Å². The van der Waals surface area contributed by atoms with E-state index in [1.807, 2.05) is 20.8 Å². The molecule has 0 aliphatic heterocycles. The van der Waals surface area contributed by atoms with E-state index in [0.29, 0.717) is 16.7 Å². The summed E-state index contributed by atoms with van der Waals surface area (Å²) in [6, 6.07) is 0. The van der Waals surface area contributed by atoms with Crippen LogP contribution in [-0.4, -0.2) is 19.7 Å². The van der Waals surface area contributed by atoms with Gasteiger partial charge < -0.3 is 0 Å². The summed E-state index contributed by atoms with van der Waals surface area (Å²) in [5, 5.41) is 15.9. The lowest BCUT2D eigenvalue weighted by molar-refractivity contribution is -0.384. The summed E-state index contributed by atoms with van der Waals surface area (Å²) in [6.07, 6.45) is 1.17. The predicted octanol–water partition coefficient (Wildman–Crippen LogP) is 2.83. The zero-order chi connectivity index (χ0) is 13.7. The Morgan fingerprint density at radius 2 is 2.06 bits per heavy atom. The van der Waals surface area contributed by atoms with Crippen LogP contribution in [0.25, 0.3) is 11.0 Å². The van der Waals surface area contributed by atoms with Gasteiger partial charge in [0.15, 0.2) is 5.65 Å². The van der Waals surface area contributed by atoms with Crippen molar-refractivity contribution in [1.29, 1.82) is 0 Å². The van der Waals surface area contributed by atoms with Crippen LogP contribution in [0.5, 0.6) is 0 Å². The summed E-state index contributed by atoms with van der Waals surface area (Å²) < 4.78 is 1.59. The molecule has 0 aliphatic rings. The third-order valence-electron chi connectivity index (χ3n) is 2.68. The average molecular weight is 269 g/mol. The number of pyridine rings is 1. The smallest absolute Gasteiger partial charge is 0.258 e. The second-order valence-corrected chi connectivity index (χ2v) is 5.51. The molecule has 0 bridgehead atoms. The molecule has 0 saturated heterocycles. The Kier molecular flexibility index (Phi) is 2.77. The molecule has 2 aromatic heterocycles. The van der Waals surface area contributed by atoms with Crippen molar-refractivity contribution in [2.24, 2.45) is 7.05 Å². The Bertz CT molecular complexity index is 643. The SMILES string of the molecule is Cn1nc(C(C)(C)C)c2c(Cl)c([N+](=O)[O-])cnc21. The first-order valence-electron chi connectivity index (χ1n) is 5.39. The lowest BCUT2D eigenvalue weighted by Gasteiger charge is -2.15. The molecule has 0 atom stereocenters. The number of fused-ring (bicyclic) bond motifs is 1. The Morgan fingerprint density at radius 1 is 1.44 bits per heavy atom. The lowest BCUT2D eigenvalue weighted by atomic mass is 9.90. The van der Waals surface area contributed by atoms with E-state index in [9.17, 15) is 10.1 Å². The molecule has 0 spiro atoms. The van der Waals surface area contributed by atoms with Crippen LogP contribution in [0.3, 0.4) is 0 Å². The van der Waals surface area contributed by atoms with E-state index < -0.39 is 4.92 Å². The summed E-state index contributed by atoms with van der Waals surface area (Å²) in [4.78, 5) is 14.4. The van der Waals surface area contributed by atoms with Crippen LogP contribution in [0.1, 0.15) is 26.5 Å². The highest BCUT2D eigenvalue weighted by Crippen LogP contribution is 2.37. The summed E-state index contributed by atoms with van der Waals surface area (Å²) in [5.41, 5.74) is 0.805. The largest absolute Gasteiger partial charge is 0.306 e. The van der Waals surface area contributed by atoms with Gasteiger partial charge in [-0.3, -0.25) is 14.8 Å².